The van der Waals surface area contributed by atoms with Crippen molar-refractivity contribution < 1.29 is 57.7 Å². The molecule has 0 aliphatic heterocycles. The molecule has 2 aromatic carbocycles. The fraction of sp³-hybridized carbons (Fsp3) is 0.318. The Kier molecular flexibility index (Phi) is 10.0. The summed E-state index contributed by atoms with van der Waals surface area (Å²) < 4.78 is 43.7. The lowest BCUT2D eigenvalue weighted by Crippen LogP contribution is -3.13. The van der Waals surface area contributed by atoms with Gasteiger partial charge in [0.15, 0.2) is 11.5 Å². The minimum Gasteiger partial charge on any atom is -0.744 e. The van der Waals surface area contributed by atoms with Gasteiger partial charge in [-0.15, -0.1) is 0 Å². The van der Waals surface area contributed by atoms with Gasteiger partial charge >= 0.3 is 0 Å². The Morgan fingerprint density at radius 3 is 2.06 bits per heavy atom. The number of benzene rings is 2. The zero-order valence-electron chi connectivity index (χ0n) is 19.2. The Balaban J connectivity index is 0.000000388. The zero-order valence-corrected chi connectivity index (χ0v) is 20.0. The van der Waals surface area contributed by atoms with Crippen molar-refractivity contribution in [2.24, 2.45) is 0 Å². The molecule has 1 aromatic heterocycles. The Labute approximate surface area is 205 Å². The third-order valence-corrected chi connectivity index (χ3v) is 5.98. The Hall–Kier alpha value is -3.40. The highest BCUT2D eigenvalue weighted by atomic mass is 32.2. The van der Waals surface area contributed by atoms with Crippen molar-refractivity contribution in [2.45, 2.75) is 4.90 Å². The van der Waals surface area contributed by atoms with Gasteiger partial charge in [-0.05, 0) is 17.7 Å². The summed E-state index contributed by atoms with van der Waals surface area (Å²) in [7, 11) is -3.80. The second-order valence-electron chi connectivity index (χ2n) is 7.44. The molecule has 0 spiro atoms. The van der Waals surface area contributed by atoms with Crippen LogP contribution in [0.1, 0.15) is 0 Å². The van der Waals surface area contributed by atoms with Gasteiger partial charge in [-0.2, -0.15) is 0 Å². The van der Waals surface area contributed by atoms with Crippen LogP contribution in [0.15, 0.2) is 44.6 Å². The van der Waals surface area contributed by atoms with Crippen molar-refractivity contribution in [3.63, 3.8) is 0 Å². The molecule has 0 saturated heterocycles. The van der Waals surface area contributed by atoms with E-state index in [4.69, 9.17) is 24.5 Å². The summed E-state index contributed by atoms with van der Waals surface area (Å²) in [6.45, 7) is 2.11. The van der Waals surface area contributed by atoms with Gasteiger partial charge in [0.05, 0.1) is 37.4 Å². The molecule has 0 bridgehead atoms. The summed E-state index contributed by atoms with van der Waals surface area (Å²) in [5.74, 6) is -2.20. The second kappa shape index (κ2) is 12.5. The maximum Gasteiger partial charge on any atom is 0.204 e. The number of ether oxygens (including phenoxy) is 1. The van der Waals surface area contributed by atoms with Crippen LogP contribution in [0, 0.1) is 0 Å². The first-order chi connectivity index (χ1) is 17.0. The Bertz CT molecular complexity index is 1340. The van der Waals surface area contributed by atoms with E-state index >= 15 is 0 Å². The summed E-state index contributed by atoms with van der Waals surface area (Å²) in [5, 5.41) is 54.7. The molecule has 0 unspecified atom stereocenters. The zero-order chi connectivity index (χ0) is 27.0. The molecule has 13 nitrogen and oxygen atoms in total. The van der Waals surface area contributed by atoms with E-state index in [0.717, 1.165) is 29.4 Å². The van der Waals surface area contributed by atoms with E-state index < -0.39 is 37.7 Å². The number of aliphatic hydroxyl groups is 3. The van der Waals surface area contributed by atoms with Gasteiger partial charge in [-0.25, -0.2) is 8.42 Å². The molecule has 3 aromatic rings. The van der Waals surface area contributed by atoms with Crippen molar-refractivity contribution in [1.29, 1.82) is 0 Å². The highest BCUT2D eigenvalue weighted by Crippen LogP contribution is 2.41. The van der Waals surface area contributed by atoms with Crippen LogP contribution in [0.2, 0.25) is 0 Å². The van der Waals surface area contributed by atoms with E-state index in [1.54, 1.807) is 0 Å². The minimum absolute atomic E-state index is 0.0284. The van der Waals surface area contributed by atoms with Gasteiger partial charge in [0.1, 0.15) is 52.7 Å². The highest BCUT2D eigenvalue weighted by molar-refractivity contribution is 7.85. The summed E-state index contributed by atoms with van der Waals surface area (Å²) in [4.78, 5) is 12.9. The largest absolute Gasteiger partial charge is 0.744 e. The highest BCUT2D eigenvalue weighted by Gasteiger charge is 2.20. The molecular weight excluding hydrogens is 502 g/mol. The SMILES string of the molecule is COc1c(O)cc2occ(-c3ccc(O)c(S(=O)(=O)[O-])c3)c(=O)c2c1O.OCC[NH+](CCO)CCO. The smallest absolute Gasteiger partial charge is 0.204 e. The fourth-order valence-electron chi connectivity index (χ4n) is 3.37. The van der Waals surface area contributed by atoms with E-state index in [2.05, 4.69) is 0 Å². The number of aromatic hydroxyl groups is 3. The first-order valence-electron chi connectivity index (χ1n) is 10.5. The quantitative estimate of drug-likeness (QED) is 0.155. The minimum atomic E-state index is -4.98. The number of methoxy groups -OCH3 is 1. The van der Waals surface area contributed by atoms with Gasteiger partial charge < -0.3 is 49.2 Å². The molecule has 14 heteroatoms. The third kappa shape index (κ3) is 6.63. The van der Waals surface area contributed by atoms with E-state index in [-0.39, 0.29) is 47.7 Å². The van der Waals surface area contributed by atoms with Gasteiger partial charge in [0.25, 0.3) is 0 Å². The lowest BCUT2D eigenvalue weighted by Gasteiger charge is -2.15. The lowest BCUT2D eigenvalue weighted by molar-refractivity contribution is -0.901. The molecule has 1 heterocycles. The van der Waals surface area contributed by atoms with Crippen molar-refractivity contribution >= 4 is 21.1 Å². The maximum atomic E-state index is 12.7. The van der Waals surface area contributed by atoms with Gasteiger partial charge in [-0.3, -0.25) is 4.79 Å². The molecule has 0 fully saturated rings. The summed E-state index contributed by atoms with van der Waals surface area (Å²) in [6, 6.07) is 4.05. The van der Waals surface area contributed by atoms with Crippen LogP contribution in [-0.4, -0.2) is 90.2 Å². The Morgan fingerprint density at radius 1 is 0.972 bits per heavy atom. The second-order valence-corrected chi connectivity index (χ2v) is 8.78. The average molecular weight is 530 g/mol. The Morgan fingerprint density at radius 2 is 1.56 bits per heavy atom. The average Bonchev–Trinajstić information content (AvgIpc) is 2.80. The molecule has 0 amide bonds. The molecule has 7 N–H and O–H groups in total. The molecule has 0 aliphatic carbocycles. The first-order valence-corrected chi connectivity index (χ1v) is 11.9. The van der Waals surface area contributed by atoms with Gasteiger partial charge in [0.2, 0.25) is 11.2 Å². The van der Waals surface area contributed by atoms with Crippen LogP contribution in [0.4, 0.5) is 0 Å². The van der Waals surface area contributed by atoms with Gasteiger partial charge in [0, 0.05) is 6.07 Å². The molecular formula is C22H27NO12S. The van der Waals surface area contributed by atoms with E-state index in [1.165, 1.54) is 13.2 Å². The summed E-state index contributed by atoms with van der Waals surface area (Å²) in [6.07, 6.45) is 0.976. The van der Waals surface area contributed by atoms with Gasteiger partial charge in [-0.1, -0.05) is 6.07 Å². The van der Waals surface area contributed by atoms with E-state index in [9.17, 15) is 33.1 Å². The van der Waals surface area contributed by atoms with Crippen LogP contribution >= 0.6 is 0 Å². The number of hydrogen-bond donors (Lipinski definition) is 7. The molecule has 0 aliphatic rings. The number of hydrogen-bond acceptors (Lipinski definition) is 12. The fourth-order valence-corrected chi connectivity index (χ4v) is 3.96. The third-order valence-electron chi connectivity index (χ3n) is 5.11. The molecule has 198 valence electrons. The van der Waals surface area contributed by atoms with Crippen molar-refractivity contribution in [3.8, 4) is 34.1 Å². The number of quaternary nitrogens is 1. The predicted octanol–water partition coefficient (Wildman–Crippen LogP) is -1.66. The topological polar surface area (TPSA) is 222 Å². The number of rotatable bonds is 9. The number of phenols is 3. The normalized spacial score (nSPS) is 11.4. The first kappa shape index (κ1) is 28.8. The number of nitrogens with one attached hydrogen (secondary N) is 1. The van der Waals surface area contributed by atoms with Crippen molar-refractivity contribution in [3.05, 3.63) is 40.8 Å². The number of fused-ring (bicyclic) bond motifs is 1. The van der Waals surface area contributed by atoms with Crippen LogP contribution in [0.5, 0.6) is 23.0 Å². The van der Waals surface area contributed by atoms with Crippen LogP contribution in [0.3, 0.4) is 0 Å². The monoisotopic (exact) mass is 529 g/mol. The summed E-state index contributed by atoms with van der Waals surface area (Å²) in [5.41, 5.74) is -1.10. The van der Waals surface area contributed by atoms with Crippen LogP contribution < -0.4 is 15.1 Å². The molecule has 3 rings (SSSR count). The molecule has 36 heavy (non-hydrogen) atoms. The van der Waals surface area contributed by atoms with Crippen molar-refractivity contribution in [1.82, 2.24) is 0 Å². The van der Waals surface area contributed by atoms with Crippen LogP contribution in [-0.2, 0) is 10.1 Å². The summed E-state index contributed by atoms with van der Waals surface area (Å²) >= 11 is 0. The molecule has 0 saturated carbocycles. The van der Waals surface area contributed by atoms with E-state index in [0.29, 0.717) is 19.6 Å². The molecule has 0 atom stereocenters. The van der Waals surface area contributed by atoms with Crippen LogP contribution in [0.25, 0.3) is 22.1 Å². The lowest BCUT2D eigenvalue weighted by atomic mass is 10.0. The number of phenolic OH excluding ortho intramolecular Hbond substituents is 3. The predicted molar refractivity (Wildman–Crippen MR) is 124 cm³/mol. The molecule has 0 radical (unpaired) electrons. The van der Waals surface area contributed by atoms with E-state index in [1.807, 2.05) is 0 Å². The number of aliphatic hydroxyl groups excluding tert-OH is 3. The maximum absolute atomic E-state index is 12.7. The van der Waals surface area contributed by atoms with Crippen molar-refractivity contribution in [2.75, 3.05) is 46.6 Å². The standard InChI is InChI=1S/C16H12O9S.C6H15NO3/c1-24-16-10(18)5-11-13(15(16)20)14(19)8(6-25-11)7-2-3-9(17)12(4-7)26(21,22)23;8-4-1-7(2-5-9)3-6-10/h2-6,17-18,20H,1H3,(H,21,22,23);8-10H,1-6H2.